The van der Waals surface area contributed by atoms with Crippen LogP contribution in [0.15, 0.2) is 66.8 Å². The molecule has 4 heteroatoms. The van der Waals surface area contributed by atoms with Crippen molar-refractivity contribution in [3.05, 3.63) is 87.9 Å². The molecule has 124 valence electrons. The van der Waals surface area contributed by atoms with Crippen LogP contribution in [-0.2, 0) is 9.53 Å². The van der Waals surface area contributed by atoms with E-state index in [0.29, 0.717) is 16.7 Å². The molecule has 0 bridgehead atoms. The maximum atomic E-state index is 11.4. The Morgan fingerprint density at radius 1 is 1.04 bits per heavy atom. The van der Waals surface area contributed by atoms with Gasteiger partial charge in [0.05, 0.1) is 13.0 Å². The van der Waals surface area contributed by atoms with Crippen molar-refractivity contribution in [2.45, 2.75) is 13.3 Å². The first kappa shape index (κ1) is 18.3. The van der Waals surface area contributed by atoms with Gasteiger partial charge in [-0.05, 0) is 47.9 Å². The SMILES string of the molecule is CCOC(=O)C/C=C/C=C(c1cccc(Cl)c1)c1cccc(Cl)c1. The maximum Gasteiger partial charge on any atom is 0.309 e. The number of carbonyl (C=O) groups excluding carboxylic acids is 1. The summed E-state index contributed by atoms with van der Waals surface area (Å²) in [5, 5.41) is 1.33. The van der Waals surface area contributed by atoms with Gasteiger partial charge in [-0.15, -0.1) is 0 Å². The van der Waals surface area contributed by atoms with Gasteiger partial charge in [-0.25, -0.2) is 0 Å². The summed E-state index contributed by atoms with van der Waals surface area (Å²) in [6.45, 7) is 2.18. The Morgan fingerprint density at radius 3 is 2.12 bits per heavy atom. The van der Waals surface area contributed by atoms with Crippen LogP contribution >= 0.6 is 23.2 Å². The molecule has 0 N–H and O–H groups in total. The minimum absolute atomic E-state index is 0.239. The molecule has 0 aromatic heterocycles. The molecule has 24 heavy (non-hydrogen) atoms. The second kappa shape index (κ2) is 9.31. The van der Waals surface area contributed by atoms with Crippen LogP contribution in [0.1, 0.15) is 24.5 Å². The minimum Gasteiger partial charge on any atom is -0.466 e. The van der Waals surface area contributed by atoms with Gasteiger partial charge in [-0.3, -0.25) is 4.79 Å². The number of allylic oxidation sites excluding steroid dienone is 2. The number of hydrogen-bond acceptors (Lipinski definition) is 2. The van der Waals surface area contributed by atoms with Crippen molar-refractivity contribution in [1.82, 2.24) is 0 Å². The predicted octanol–water partition coefficient (Wildman–Crippen LogP) is 5.93. The van der Waals surface area contributed by atoms with E-state index in [2.05, 4.69) is 0 Å². The highest BCUT2D eigenvalue weighted by atomic mass is 35.5. The molecule has 0 unspecified atom stereocenters. The van der Waals surface area contributed by atoms with Gasteiger partial charge in [0.15, 0.2) is 0 Å². The largest absolute Gasteiger partial charge is 0.466 e. The summed E-state index contributed by atoms with van der Waals surface area (Å²) in [5.74, 6) is -0.241. The number of benzene rings is 2. The molecule has 0 amide bonds. The standard InChI is InChI=1S/C20H18Cl2O2/c1-2-24-20(23)12-4-3-11-19(15-7-5-9-17(21)13-15)16-8-6-10-18(22)14-16/h3-11,13-14H,2,12H2,1H3/b4-3+. The summed E-state index contributed by atoms with van der Waals surface area (Å²) >= 11 is 12.2. The zero-order valence-corrected chi connectivity index (χ0v) is 14.8. The lowest BCUT2D eigenvalue weighted by atomic mass is 9.97. The van der Waals surface area contributed by atoms with Gasteiger partial charge in [0.2, 0.25) is 0 Å². The topological polar surface area (TPSA) is 26.3 Å². The fourth-order valence-electron chi connectivity index (χ4n) is 2.22. The Labute approximate surface area is 152 Å². The molecule has 0 aliphatic carbocycles. The molecule has 0 saturated heterocycles. The van der Waals surface area contributed by atoms with Gasteiger partial charge in [0.25, 0.3) is 0 Å². The first-order chi connectivity index (χ1) is 11.6. The molecule has 0 saturated carbocycles. The van der Waals surface area contributed by atoms with E-state index in [1.807, 2.05) is 60.7 Å². The van der Waals surface area contributed by atoms with Crippen LogP contribution in [0.5, 0.6) is 0 Å². The smallest absolute Gasteiger partial charge is 0.309 e. The van der Waals surface area contributed by atoms with E-state index in [-0.39, 0.29) is 12.4 Å². The summed E-state index contributed by atoms with van der Waals surface area (Å²) < 4.78 is 4.90. The third-order valence-electron chi connectivity index (χ3n) is 3.26. The van der Waals surface area contributed by atoms with Crippen molar-refractivity contribution in [3.63, 3.8) is 0 Å². The highest BCUT2D eigenvalue weighted by molar-refractivity contribution is 6.31. The molecule has 0 radical (unpaired) electrons. The van der Waals surface area contributed by atoms with E-state index >= 15 is 0 Å². The van der Waals surface area contributed by atoms with Crippen LogP contribution in [0.4, 0.5) is 0 Å². The Balaban J connectivity index is 2.31. The predicted molar refractivity (Wildman–Crippen MR) is 100 cm³/mol. The normalized spacial score (nSPS) is 10.6. The average molecular weight is 361 g/mol. The lowest BCUT2D eigenvalue weighted by Gasteiger charge is -2.09. The molecule has 0 aliphatic rings. The van der Waals surface area contributed by atoms with Crippen molar-refractivity contribution in [2.24, 2.45) is 0 Å². The molecular weight excluding hydrogens is 343 g/mol. The summed E-state index contributed by atoms with van der Waals surface area (Å²) in [4.78, 5) is 11.4. The summed E-state index contributed by atoms with van der Waals surface area (Å²) in [7, 11) is 0. The van der Waals surface area contributed by atoms with Crippen molar-refractivity contribution in [2.75, 3.05) is 6.61 Å². The Morgan fingerprint density at radius 2 is 1.62 bits per heavy atom. The van der Waals surface area contributed by atoms with Crippen molar-refractivity contribution in [1.29, 1.82) is 0 Å². The molecule has 2 aromatic rings. The third kappa shape index (κ3) is 5.55. The van der Waals surface area contributed by atoms with Gasteiger partial charge in [-0.2, -0.15) is 0 Å². The minimum atomic E-state index is -0.241. The van der Waals surface area contributed by atoms with E-state index in [1.165, 1.54) is 0 Å². The van der Waals surface area contributed by atoms with Gasteiger partial charge < -0.3 is 4.74 Å². The lowest BCUT2D eigenvalue weighted by Crippen LogP contribution is -2.01. The molecule has 0 spiro atoms. The molecule has 0 atom stereocenters. The maximum absolute atomic E-state index is 11.4. The van der Waals surface area contributed by atoms with E-state index in [0.717, 1.165) is 16.7 Å². The van der Waals surface area contributed by atoms with Crippen LogP contribution in [0.25, 0.3) is 5.57 Å². The van der Waals surface area contributed by atoms with E-state index < -0.39 is 0 Å². The van der Waals surface area contributed by atoms with Crippen LogP contribution in [0.3, 0.4) is 0 Å². The number of rotatable bonds is 6. The number of carbonyl (C=O) groups is 1. The fourth-order valence-corrected chi connectivity index (χ4v) is 2.60. The molecular formula is C20H18Cl2O2. The quantitative estimate of drug-likeness (QED) is 0.471. The first-order valence-electron chi connectivity index (χ1n) is 7.64. The van der Waals surface area contributed by atoms with Crippen molar-refractivity contribution < 1.29 is 9.53 Å². The molecule has 2 rings (SSSR count). The van der Waals surface area contributed by atoms with Crippen LogP contribution in [-0.4, -0.2) is 12.6 Å². The number of ether oxygens (including phenoxy) is 1. The molecule has 0 fully saturated rings. The van der Waals surface area contributed by atoms with Crippen LogP contribution in [0.2, 0.25) is 10.0 Å². The van der Waals surface area contributed by atoms with Gasteiger partial charge in [-0.1, -0.05) is 65.7 Å². The zero-order chi connectivity index (χ0) is 17.4. The number of hydrogen-bond donors (Lipinski definition) is 0. The number of esters is 1. The van der Waals surface area contributed by atoms with Gasteiger partial charge in [0, 0.05) is 10.0 Å². The average Bonchev–Trinajstić information content (AvgIpc) is 2.55. The van der Waals surface area contributed by atoms with Crippen molar-refractivity contribution in [3.8, 4) is 0 Å². The highest BCUT2D eigenvalue weighted by Crippen LogP contribution is 2.27. The Bertz CT molecular complexity index is 716. The fraction of sp³-hybridized carbons (Fsp3) is 0.150. The van der Waals surface area contributed by atoms with Gasteiger partial charge >= 0.3 is 5.97 Å². The van der Waals surface area contributed by atoms with E-state index in [9.17, 15) is 4.79 Å². The molecule has 0 heterocycles. The molecule has 2 nitrogen and oxygen atoms in total. The molecule has 0 aliphatic heterocycles. The lowest BCUT2D eigenvalue weighted by molar-refractivity contribution is -0.142. The monoisotopic (exact) mass is 360 g/mol. The zero-order valence-electron chi connectivity index (χ0n) is 13.3. The highest BCUT2D eigenvalue weighted by Gasteiger charge is 2.06. The molecule has 2 aromatic carbocycles. The van der Waals surface area contributed by atoms with Crippen LogP contribution < -0.4 is 0 Å². The van der Waals surface area contributed by atoms with E-state index in [1.54, 1.807) is 13.0 Å². The van der Waals surface area contributed by atoms with E-state index in [4.69, 9.17) is 27.9 Å². The first-order valence-corrected chi connectivity index (χ1v) is 8.40. The second-order valence-corrected chi connectivity index (χ2v) is 5.91. The van der Waals surface area contributed by atoms with Crippen LogP contribution in [0, 0.1) is 0 Å². The summed E-state index contributed by atoms with van der Waals surface area (Å²) in [6.07, 6.45) is 5.79. The van der Waals surface area contributed by atoms with Gasteiger partial charge in [0.1, 0.15) is 0 Å². The summed E-state index contributed by atoms with van der Waals surface area (Å²) in [6, 6.07) is 15.2. The Kier molecular flexibility index (Phi) is 7.10. The van der Waals surface area contributed by atoms with Crippen molar-refractivity contribution >= 4 is 34.7 Å². The number of halogens is 2. The third-order valence-corrected chi connectivity index (χ3v) is 3.73. The Hall–Kier alpha value is -2.03. The summed E-state index contributed by atoms with van der Waals surface area (Å²) in [5.41, 5.74) is 2.93. The second-order valence-electron chi connectivity index (χ2n) is 5.04.